The summed E-state index contributed by atoms with van der Waals surface area (Å²) < 4.78 is 5.61. The average molecular weight is 295 g/mol. The fourth-order valence-corrected chi connectivity index (χ4v) is 1.84. The highest BCUT2D eigenvalue weighted by Crippen LogP contribution is 2.20. The summed E-state index contributed by atoms with van der Waals surface area (Å²) in [5.74, 6) is 0.797. The monoisotopic (exact) mass is 294 g/mol. The van der Waals surface area contributed by atoms with Crippen LogP contribution in [0.25, 0.3) is 10.8 Å². The molecule has 0 aliphatic heterocycles. The number of likely N-dealkylation sites (N-methyl/N-ethyl adjacent to an activating group) is 1. The van der Waals surface area contributed by atoms with Crippen molar-refractivity contribution in [1.82, 2.24) is 10.6 Å². The van der Waals surface area contributed by atoms with Crippen LogP contribution in [0.5, 0.6) is 5.75 Å². The van der Waals surface area contributed by atoms with Crippen molar-refractivity contribution in [3.8, 4) is 5.75 Å². The molecule has 0 spiro atoms. The van der Waals surface area contributed by atoms with Crippen molar-refractivity contribution >= 4 is 29.1 Å². The Labute approximate surface area is 124 Å². The highest BCUT2D eigenvalue weighted by atomic mass is 35.5. The molecule has 0 atom stereocenters. The van der Waals surface area contributed by atoms with Crippen LogP contribution in [0.4, 0.5) is 0 Å². The van der Waals surface area contributed by atoms with Crippen molar-refractivity contribution in [2.75, 3.05) is 26.7 Å². The van der Waals surface area contributed by atoms with Crippen LogP contribution in [0.3, 0.4) is 0 Å². The number of hydrogen-bond acceptors (Lipinski definition) is 3. The van der Waals surface area contributed by atoms with E-state index in [1.807, 2.05) is 30.3 Å². The largest absolute Gasteiger partial charge is 0.492 e. The van der Waals surface area contributed by atoms with Crippen LogP contribution in [0.1, 0.15) is 0 Å². The topological polar surface area (TPSA) is 50.4 Å². The Morgan fingerprint density at radius 2 is 1.90 bits per heavy atom. The molecular formula is C15H19ClN2O2. The molecule has 0 saturated carbocycles. The Morgan fingerprint density at radius 3 is 2.65 bits per heavy atom. The van der Waals surface area contributed by atoms with Gasteiger partial charge >= 0.3 is 0 Å². The highest BCUT2D eigenvalue weighted by Gasteiger charge is 1.99. The van der Waals surface area contributed by atoms with Crippen molar-refractivity contribution in [2.45, 2.75) is 0 Å². The fourth-order valence-electron chi connectivity index (χ4n) is 1.84. The SMILES string of the molecule is CNCC(=O)NCCOc1ccc2ccccc2c1.Cl. The van der Waals surface area contributed by atoms with Gasteiger partial charge in [0, 0.05) is 0 Å². The van der Waals surface area contributed by atoms with E-state index in [0.29, 0.717) is 19.7 Å². The Balaban J connectivity index is 0.00000200. The van der Waals surface area contributed by atoms with Crippen molar-refractivity contribution in [3.05, 3.63) is 42.5 Å². The van der Waals surface area contributed by atoms with E-state index in [2.05, 4.69) is 22.8 Å². The standard InChI is InChI=1S/C15H18N2O2.ClH/c1-16-11-15(18)17-8-9-19-14-7-6-12-4-2-3-5-13(12)10-14;/h2-7,10,16H,8-9,11H2,1H3,(H,17,18);1H. The van der Waals surface area contributed by atoms with Crippen LogP contribution >= 0.6 is 12.4 Å². The quantitative estimate of drug-likeness (QED) is 0.801. The van der Waals surface area contributed by atoms with Crippen LogP contribution in [0, 0.1) is 0 Å². The molecule has 2 aromatic carbocycles. The summed E-state index contributed by atoms with van der Waals surface area (Å²) in [6, 6.07) is 14.1. The molecule has 5 heteroatoms. The first-order valence-corrected chi connectivity index (χ1v) is 6.32. The predicted octanol–water partition coefficient (Wildman–Crippen LogP) is 1.98. The van der Waals surface area contributed by atoms with Gasteiger partial charge in [0.15, 0.2) is 0 Å². The summed E-state index contributed by atoms with van der Waals surface area (Å²) in [5, 5.41) is 7.90. The number of carbonyl (C=O) groups excluding carboxylic acids is 1. The van der Waals surface area contributed by atoms with Gasteiger partial charge in [0.1, 0.15) is 12.4 Å². The molecule has 0 radical (unpaired) electrons. The zero-order chi connectivity index (χ0) is 13.5. The smallest absolute Gasteiger partial charge is 0.234 e. The third kappa shape index (κ3) is 4.72. The molecule has 0 fully saturated rings. The minimum absolute atomic E-state index is 0. The number of fused-ring (bicyclic) bond motifs is 1. The van der Waals surface area contributed by atoms with E-state index in [0.717, 1.165) is 11.1 Å². The molecule has 2 aromatic rings. The molecule has 108 valence electrons. The van der Waals surface area contributed by atoms with Gasteiger partial charge in [0.2, 0.25) is 5.91 Å². The number of hydrogen-bond donors (Lipinski definition) is 2. The van der Waals surface area contributed by atoms with Gasteiger partial charge in [-0.2, -0.15) is 0 Å². The van der Waals surface area contributed by atoms with Crippen molar-refractivity contribution < 1.29 is 9.53 Å². The number of benzene rings is 2. The van der Waals surface area contributed by atoms with Crippen molar-refractivity contribution in [1.29, 1.82) is 0 Å². The molecule has 20 heavy (non-hydrogen) atoms. The molecule has 0 saturated heterocycles. The number of amides is 1. The number of halogens is 1. The van der Waals surface area contributed by atoms with E-state index in [1.165, 1.54) is 5.39 Å². The fraction of sp³-hybridized carbons (Fsp3) is 0.267. The van der Waals surface area contributed by atoms with Gasteiger partial charge in [-0.05, 0) is 30.0 Å². The van der Waals surface area contributed by atoms with E-state index in [4.69, 9.17) is 4.74 Å². The van der Waals surface area contributed by atoms with Crippen molar-refractivity contribution in [3.63, 3.8) is 0 Å². The van der Waals surface area contributed by atoms with Gasteiger partial charge in [-0.15, -0.1) is 12.4 Å². The van der Waals surface area contributed by atoms with E-state index in [-0.39, 0.29) is 18.3 Å². The number of ether oxygens (including phenoxy) is 1. The summed E-state index contributed by atoms with van der Waals surface area (Å²) in [6.07, 6.45) is 0. The normalized spacial score (nSPS) is 9.85. The van der Waals surface area contributed by atoms with Crippen LogP contribution < -0.4 is 15.4 Å². The molecule has 2 N–H and O–H groups in total. The van der Waals surface area contributed by atoms with Gasteiger partial charge in [-0.25, -0.2) is 0 Å². The highest BCUT2D eigenvalue weighted by molar-refractivity contribution is 5.85. The first kappa shape index (κ1) is 16.3. The Morgan fingerprint density at radius 1 is 1.15 bits per heavy atom. The average Bonchev–Trinajstić information content (AvgIpc) is 2.44. The number of rotatable bonds is 6. The maximum absolute atomic E-state index is 11.2. The van der Waals surface area contributed by atoms with Gasteiger partial charge in [0.25, 0.3) is 0 Å². The number of nitrogens with one attached hydrogen (secondary N) is 2. The first-order chi connectivity index (χ1) is 9.29. The van der Waals surface area contributed by atoms with E-state index < -0.39 is 0 Å². The minimum atomic E-state index is -0.0235. The molecule has 0 heterocycles. The summed E-state index contributed by atoms with van der Waals surface area (Å²) in [6.45, 7) is 1.30. The molecule has 0 bridgehead atoms. The lowest BCUT2D eigenvalue weighted by Gasteiger charge is -2.08. The minimum Gasteiger partial charge on any atom is -0.492 e. The maximum atomic E-state index is 11.2. The van der Waals surface area contributed by atoms with Crippen LogP contribution in [-0.4, -0.2) is 32.7 Å². The summed E-state index contributed by atoms with van der Waals surface area (Å²) in [4.78, 5) is 11.2. The molecule has 0 unspecified atom stereocenters. The first-order valence-electron chi connectivity index (χ1n) is 6.32. The zero-order valence-corrected chi connectivity index (χ0v) is 12.2. The zero-order valence-electron chi connectivity index (χ0n) is 11.4. The number of carbonyl (C=O) groups is 1. The van der Waals surface area contributed by atoms with Gasteiger partial charge in [-0.1, -0.05) is 30.3 Å². The van der Waals surface area contributed by atoms with Gasteiger partial charge in [-0.3, -0.25) is 4.79 Å². The third-order valence-corrected chi connectivity index (χ3v) is 2.75. The van der Waals surface area contributed by atoms with Crippen LogP contribution in [0.15, 0.2) is 42.5 Å². The molecule has 0 aliphatic rings. The molecule has 2 rings (SSSR count). The molecule has 0 aliphatic carbocycles. The van der Waals surface area contributed by atoms with E-state index in [9.17, 15) is 4.79 Å². The summed E-state index contributed by atoms with van der Waals surface area (Å²) in [7, 11) is 1.74. The second kappa shape index (κ2) is 8.40. The second-order valence-corrected chi connectivity index (χ2v) is 4.24. The van der Waals surface area contributed by atoms with Gasteiger partial charge < -0.3 is 15.4 Å². The third-order valence-electron chi connectivity index (χ3n) is 2.75. The predicted molar refractivity (Wildman–Crippen MR) is 83.6 cm³/mol. The van der Waals surface area contributed by atoms with E-state index in [1.54, 1.807) is 7.05 Å². The maximum Gasteiger partial charge on any atom is 0.234 e. The van der Waals surface area contributed by atoms with Crippen molar-refractivity contribution in [2.24, 2.45) is 0 Å². The second-order valence-electron chi connectivity index (χ2n) is 4.24. The van der Waals surface area contributed by atoms with Crippen LogP contribution in [0.2, 0.25) is 0 Å². The Hall–Kier alpha value is -1.78. The summed E-state index contributed by atoms with van der Waals surface area (Å²) in [5.41, 5.74) is 0. The molecule has 4 nitrogen and oxygen atoms in total. The van der Waals surface area contributed by atoms with E-state index >= 15 is 0 Å². The lowest BCUT2D eigenvalue weighted by Crippen LogP contribution is -2.34. The Kier molecular flexibility index (Phi) is 6.84. The lowest BCUT2D eigenvalue weighted by molar-refractivity contribution is -0.120. The summed E-state index contributed by atoms with van der Waals surface area (Å²) >= 11 is 0. The Bertz CT molecular complexity index is 560. The van der Waals surface area contributed by atoms with Gasteiger partial charge in [0.05, 0.1) is 13.1 Å². The van der Waals surface area contributed by atoms with Crippen LogP contribution in [-0.2, 0) is 4.79 Å². The lowest BCUT2D eigenvalue weighted by atomic mass is 10.1. The molecular weight excluding hydrogens is 276 g/mol. The molecule has 1 amide bonds. The molecule has 0 aromatic heterocycles.